The molecule has 0 heterocycles. The lowest BCUT2D eigenvalue weighted by Gasteiger charge is -2.19. The van der Waals surface area contributed by atoms with Gasteiger partial charge in [0.05, 0.1) is 5.56 Å². The van der Waals surface area contributed by atoms with Gasteiger partial charge in [-0.3, -0.25) is 0 Å². The number of rotatable bonds is 4. The summed E-state index contributed by atoms with van der Waals surface area (Å²) in [6.45, 7) is 8.41. The number of ether oxygens (including phenoxy) is 1. The Kier molecular flexibility index (Phi) is 5.76. The first-order valence-corrected chi connectivity index (χ1v) is 7.04. The minimum Gasteiger partial charge on any atom is -0.456 e. The topological polar surface area (TPSA) is 58.6 Å². The van der Waals surface area contributed by atoms with Gasteiger partial charge in [0.2, 0.25) is 0 Å². The maximum atomic E-state index is 12.0. The highest BCUT2D eigenvalue weighted by Gasteiger charge is 2.18. The second-order valence-corrected chi connectivity index (χ2v) is 5.88. The van der Waals surface area contributed by atoms with Gasteiger partial charge in [0.1, 0.15) is 5.60 Å². The molecular weight excluding hydrogens is 268 g/mol. The Labute approximate surface area is 126 Å². The molecule has 0 radical (unpaired) electrons. The Morgan fingerprint density at radius 2 is 1.95 bits per heavy atom. The van der Waals surface area contributed by atoms with E-state index in [1.165, 1.54) is 0 Å². The fourth-order valence-corrected chi connectivity index (χ4v) is 1.60. The van der Waals surface area contributed by atoms with Gasteiger partial charge in [-0.05, 0) is 45.4 Å². The Hall–Kier alpha value is -2.04. The molecule has 0 unspecified atom stereocenters. The van der Waals surface area contributed by atoms with Gasteiger partial charge in [-0.2, -0.15) is 0 Å². The number of esters is 1. The van der Waals surface area contributed by atoms with Crippen molar-refractivity contribution < 1.29 is 14.3 Å². The summed E-state index contributed by atoms with van der Waals surface area (Å²) in [5.74, 6) is -0.360. The summed E-state index contributed by atoms with van der Waals surface area (Å²) < 4.78 is 5.33. The molecule has 0 fully saturated rings. The second kappa shape index (κ2) is 7.11. The molecule has 1 aromatic carbocycles. The van der Waals surface area contributed by atoms with E-state index in [9.17, 15) is 9.59 Å². The van der Waals surface area contributed by atoms with Crippen LogP contribution in [0.5, 0.6) is 0 Å². The number of benzene rings is 1. The highest BCUT2D eigenvalue weighted by Crippen LogP contribution is 2.13. The van der Waals surface area contributed by atoms with E-state index in [1.54, 1.807) is 30.1 Å². The number of amides is 2. The summed E-state index contributed by atoms with van der Waals surface area (Å²) in [5, 5.41) is 2.80. The van der Waals surface area contributed by atoms with Gasteiger partial charge in [-0.25, -0.2) is 9.59 Å². The van der Waals surface area contributed by atoms with Crippen LogP contribution in [0.1, 0.15) is 43.6 Å². The maximum absolute atomic E-state index is 12.0. The van der Waals surface area contributed by atoms with Crippen LogP contribution in [0.3, 0.4) is 0 Å². The lowest BCUT2D eigenvalue weighted by molar-refractivity contribution is 0.00694. The van der Waals surface area contributed by atoms with Crippen molar-refractivity contribution in [3.05, 3.63) is 35.4 Å². The molecule has 0 aliphatic carbocycles. The summed E-state index contributed by atoms with van der Waals surface area (Å²) in [6.07, 6.45) is 0. The van der Waals surface area contributed by atoms with Crippen LogP contribution in [0, 0.1) is 0 Å². The zero-order valence-electron chi connectivity index (χ0n) is 13.4. The van der Waals surface area contributed by atoms with Gasteiger partial charge >= 0.3 is 12.0 Å². The summed E-state index contributed by atoms with van der Waals surface area (Å²) in [4.78, 5) is 25.2. The van der Waals surface area contributed by atoms with Crippen molar-refractivity contribution in [1.29, 1.82) is 0 Å². The van der Waals surface area contributed by atoms with Crippen molar-refractivity contribution in [1.82, 2.24) is 10.2 Å². The van der Waals surface area contributed by atoms with Crippen molar-refractivity contribution in [2.45, 2.75) is 39.8 Å². The minimum absolute atomic E-state index is 0.139. The van der Waals surface area contributed by atoms with E-state index in [-0.39, 0.29) is 12.0 Å². The molecule has 1 N–H and O–H groups in total. The second-order valence-electron chi connectivity index (χ2n) is 5.88. The summed E-state index contributed by atoms with van der Waals surface area (Å²) >= 11 is 0. The molecule has 2 amide bonds. The lowest BCUT2D eigenvalue weighted by Crippen LogP contribution is -2.36. The van der Waals surface area contributed by atoms with E-state index >= 15 is 0 Å². The Bertz CT molecular complexity index is 506. The molecule has 1 rings (SSSR count). The number of urea groups is 1. The van der Waals surface area contributed by atoms with Crippen molar-refractivity contribution in [3.63, 3.8) is 0 Å². The normalized spacial score (nSPS) is 10.9. The highest BCUT2D eigenvalue weighted by atomic mass is 16.6. The number of hydrogen-bond donors (Lipinski definition) is 1. The number of hydrogen-bond acceptors (Lipinski definition) is 3. The highest BCUT2D eigenvalue weighted by molar-refractivity contribution is 5.89. The monoisotopic (exact) mass is 292 g/mol. The van der Waals surface area contributed by atoms with Crippen LogP contribution in [-0.4, -0.2) is 36.1 Å². The van der Waals surface area contributed by atoms with Crippen molar-refractivity contribution in [3.8, 4) is 0 Å². The molecule has 116 valence electrons. The number of carbonyl (C=O) groups is 2. The van der Waals surface area contributed by atoms with E-state index in [0.29, 0.717) is 18.7 Å². The average molecular weight is 292 g/mol. The van der Waals surface area contributed by atoms with Gasteiger partial charge in [0, 0.05) is 20.1 Å². The van der Waals surface area contributed by atoms with Gasteiger partial charge in [-0.1, -0.05) is 12.1 Å². The molecule has 0 aromatic heterocycles. The lowest BCUT2D eigenvalue weighted by atomic mass is 10.1. The average Bonchev–Trinajstić information content (AvgIpc) is 2.42. The van der Waals surface area contributed by atoms with Crippen LogP contribution >= 0.6 is 0 Å². The molecular formula is C16H24N2O3. The Balaban J connectivity index is 2.68. The third-order valence-corrected chi connectivity index (χ3v) is 2.83. The fourth-order valence-electron chi connectivity index (χ4n) is 1.60. The summed E-state index contributed by atoms with van der Waals surface area (Å²) in [5.41, 5.74) is 0.822. The van der Waals surface area contributed by atoms with Crippen LogP contribution in [0.2, 0.25) is 0 Å². The van der Waals surface area contributed by atoms with Crippen molar-refractivity contribution >= 4 is 12.0 Å². The molecule has 0 saturated carbocycles. The fraction of sp³-hybridized carbons (Fsp3) is 0.500. The van der Waals surface area contributed by atoms with Gasteiger partial charge < -0.3 is 15.0 Å². The van der Waals surface area contributed by atoms with Crippen LogP contribution in [0.4, 0.5) is 4.79 Å². The molecule has 0 aliphatic heterocycles. The SMILES string of the molecule is CCN(C)C(=O)NCc1cccc(C(=O)OC(C)(C)C)c1. The Morgan fingerprint density at radius 3 is 2.52 bits per heavy atom. The number of nitrogens with zero attached hydrogens (tertiary/aromatic N) is 1. The van der Waals surface area contributed by atoms with Crippen LogP contribution in [-0.2, 0) is 11.3 Å². The summed E-state index contributed by atoms with van der Waals surface area (Å²) in [6, 6.07) is 6.95. The van der Waals surface area contributed by atoms with E-state index in [0.717, 1.165) is 5.56 Å². The standard InChI is InChI=1S/C16H24N2O3/c1-6-18(5)15(20)17-11-12-8-7-9-13(10-12)14(19)21-16(2,3)4/h7-10H,6,11H2,1-5H3,(H,17,20). The number of carbonyl (C=O) groups excluding carboxylic acids is 2. The predicted octanol–water partition coefficient (Wildman–Crippen LogP) is 2.80. The summed E-state index contributed by atoms with van der Waals surface area (Å²) in [7, 11) is 1.73. The maximum Gasteiger partial charge on any atom is 0.338 e. The molecule has 5 heteroatoms. The van der Waals surface area contributed by atoms with E-state index < -0.39 is 5.60 Å². The molecule has 5 nitrogen and oxygen atoms in total. The number of nitrogens with one attached hydrogen (secondary N) is 1. The van der Waals surface area contributed by atoms with Crippen molar-refractivity contribution in [2.24, 2.45) is 0 Å². The minimum atomic E-state index is -0.523. The van der Waals surface area contributed by atoms with E-state index in [2.05, 4.69) is 5.32 Å². The van der Waals surface area contributed by atoms with Gasteiger partial charge in [0.15, 0.2) is 0 Å². The first-order chi connectivity index (χ1) is 9.73. The largest absolute Gasteiger partial charge is 0.456 e. The first kappa shape index (κ1) is 17.0. The zero-order chi connectivity index (χ0) is 16.0. The van der Waals surface area contributed by atoms with E-state index in [1.807, 2.05) is 33.8 Å². The van der Waals surface area contributed by atoms with Crippen LogP contribution in [0.25, 0.3) is 0 Å². The molecule has 21 heavy (non-hydrogen) atoms. The molecule has 0 bridgehead atoms. The first-order valence-electron chi connectivity index (χ1n) is 7.04. The van der Waals surface area contributed by atoms with Crippen LogP contribution in [0.15, 0.2) is 24.3 Å². The van der Waals surface area contributed by atoms with Gasteiger partial charge in [-0.15, -0.1) is 0 Å². The smallest absolute Gasteiger partial charge is 0.338 e. The van der Waals surface area contributed by atoms with Crippen LogP contribution < -0.4 is 5.32 Å². The third-order valence-electron chi connectivity index (χ3n) is 2.83. The predicted molar refractivity (Wildman–Crippen MR) is 82.2 cm³/mol. The third kappa shape index (κ3) is 5.85. The molecule has 0 spiro atoms. The quantitative estimate of drug-likeness (QED) is 0.868. The van der Waals surface area contributed by atoms with Gasteiger partial charge in [0.25, 0.3) is 0 Å². The molecule has 0 saturated heterocycles. The van der Waals surface area contributed by atoms with E-state index in [4.69, 9.17) is 4.74 Å². The van der Waals surface area contributed by atoms with Crippen molar-refractivity contribution in [2.75, 3.05) is 13.6 Å². The molecule has 0 atom stereocenters. The molecule has 0 aliphatic rings. The Morgan fingerprint density at radius 1 is 1.29 bits per heavy atom. The zero-order valence-corrected chi connectivity index (χ0v) is 13.4. The molecule has 1 aromatic rings.